The van der Waals surface area contributed by atoms with Gasteiger partial charge in [-0.15, -0.1) is 11.3 Å². The normalized spacial score (nSPS) is 13.2. The fourth-order valence-corrected chi connectivity index (χ4v) is 3.71. The molecule has 6 nitrogen and oxygen atoms in total. The molecule has 150 valence electrons. The third-order valence-electron chi connectivity index (χ3n) is 4.73. The van der Waals surface area contributed by atoms with Crippen LogP contribution in [0.15, 0.2) is 35.7 Å². The Morgan fingerprint density at radius 2 is 2.04 bits per heavy atom. The largest absolute Gasteiger partial charge is 0.383 e. The second kappa shape index (κ2) is 9.21. The molecule has 0 unspecified atom stereocenters. The summed E-state index contributed by atoms with van der Waals surface area (Å²) >= 11 is 1.41. The van der Waals surface area contributed by atoms with Gasteiger partial charge in [-0.25, -0.2) is 0 Å². The van der Waals surface area contributed by atoms with E-state index in [2.05, 4.69) is 5.32 Å². The number of rotatable bonds is 9. The standard InChI is InChI=1S/C21H27N3O3S/c1-23(2)18-9-8-17(22-20(25)19-5-4-12-28-19)13-16(18)14-24(10-11-27-3)21(26)15-6-7-15/h4-5,8-9,12-13,15H,6-7,10-11,14H2,1-3H3,(H,22,25). The summed E-state index contributed by atoms with van der Waals surface area (Å²) in [5.41, 5.74) is 2.75. The van der Waals surface area contributed by atoms with E-state index in [4.69, 9.17) is 4.74 Å². The lowest BCUT2D eigenvalue weighted by atomic mass is 10.1. The monoisotopic (exact) mass is 401 g/mol. The molecular weight excluding hydrogens is 374 g/mol. The van der Waals surface area contributed by atoms with E-state index in [0.29, 0.717) is 24.6 Å². The Balaban J connectivity index is 1.81. The van der Waals surface area contributed by atoms with Crippen LogP contribution in [0.2, 0.25) is 0 Å². The second-order valence-electron chi connectivity index (χ2n) is 7.20. The predicted molar refractivity (Wildman–Crippen MR) is 113 cm³/mol. The molecule has 0 bridgehead atoms. The fraction of sp³-hybridized carbons (Fsp3) is 0.429. The molecule has 7 heteroatoms. The quantitative estimate of drug-likeness (QED) is 0.699. The van der Waals surface area contributed by atoms with Gasteiger partial charge in [0.15, 0.2) is 0 Å². The van der Waals surface area contributed by atoms with Gasteiger partial charge in [0.05, 0.1) is 11.5 Å². The fourth-order valence-electron chi connectivity index (χ4n) is 3.09. The maximum absolute atomic E-state index is 12.7. The molecule has 1 fully saturated rings. The number of nitrogens with zero attached hydrogens (tertiary/aromatic N) is 2. The maximum Gasteiger partial charge on any atom is 0.265 e. The lowest BCUT2D eigenvalue weighted by molar-refractivity contribution is -0.133. The number of benzene rings is 1. The lowest BCUT2D eigenvalue weighted by Crippen LogP contribution is -2.35. The van der Waals surface area contributed by atoms with Gasteiger partial charge in [0.2, 0.25) is 5.91 Å². The molecule has 2 amide bonds. The minimum Gasteiger partial charge on any atom is -0.383 e. The molecule has 0 spiro atoms. The van der Waals surface area contributed by atoms with Crippen molar-refractivity contribution in [3.8, 4) is 0 Å². The average Bonchev–Trinajstić information content (AvgIpc) is 3.38. The highest BCUT2D eigenvalue weighted by Gasteiger charge is 2.33. The van der Waals surface area contributed by atoms with Crippen molar-refractivity contribution in [2.75, 3.05) is 44.6 Å². The summed E-state index contributed by atoms with van der Waals surface area (Å²) in [5.74, 6) is 0.222. The number of hydrogen-bond donors (Lipinski definition) is 1. The predicted octanol–water partition coefficient (Wildman–Crippen LogP) is 3.45. The van der Waals surface area contributed by atoms with Crippen LogP contribution in [-0.4, -0.2) is 51.1 Å². The molecule has 0 atom stereocenters. The Kier molecular flexibility index (Phi) is 6.70. The average molecular weight is 402 g/mol. The van der Waals surface area contributed by atoms with Gasteiger partial charge in [-0.3, -0.25) is 9.59 Å². The molecule has 2 aromatic rings. The van der Waals surface area contributed by atoms with Gasteiger partial charge in [-0.1, -0.05) is 6.07 Å². The lowest BCUT2D eigenvalue weighted by Gasteiger charge is -2.26. The molecule has 1 aliphatic rings. The van der Waals surface area contributed by atoms with Crippen LogP contribution in [0.3, 0.4) is 0 Å². The highest BCUT2D eigenvalue weighted by Crippen LogP contribution is 2.32. The van der Waals surface area contributed by atoms with Crippen LogP contribution in [0.4, 0.5) is 11.4 Å². The third-order valence-corrected chi connectivity index (χ3v) is 5.60. The molecule has 1 aliphatic carbocycles. The van der Waals surface area contributed by atoms with Crippen LogP contribution >= 0.6 is 11.3 Å². The molecule has 0 radical (unpaired) electrons. The van der Waals surface area contributed by atoms with Gasteiger partial charge in [0, 0.05) is 51.6 Å². The molecule has 28 heavy (non-hydrogen) atoms. The number of methoxy groups -OCH3 is 1. The maximum atomic E-state index is 12.7. The van der Waals surface area contributed by atoms with E-state index in [-0.39, 0.29) is 17.7 Å². The second-order valence-corrected chi connectivity index (χ2v) is 8.14. The number of carbonyl (C=O) groups is 2. The van der Waals surface area contributed by atoms with Crippen molar-refractivity contribution in [1.82, 2.24) is 4.90 Å². The molecule has 1 heterocycles. The first-order valence-corrected chi connectivity index (χ1v) is 10.3. The Morgan fingerprint density at radius 3 is 2.64 bits per heavy atom. The first-order chi connectivity index (χ1) is 13.5. The topological polar surface area (TPSA) is 61.9 Å². The molecule has 1 aromatic carbocycles. The smallest absolute Gasteiger partial charge is 0.265 e. The van der Waals surface area contributed by atoms with Gasteiger partial charge < -0.3 is 19.9 Å². The van der Waals surface area contributed by atoms with Crippen molar-refractivity contribution >= 4 is 34.5 Å². The summed E-state index contributed by atoms with van der Waals surface area (Å²) in [6, 6.07) is 9.50. The van der Waals surface area contributed by atoms with Crippen molar-refractivity contribution < 1.29 is 14.3 Å². The summed E-state index contributed by atoms with van der Waals surface area (Å²) in [4.78, 5) is 29.6. The zero-order valence-corrected chi connectivity index (χ0v) is 17.4. The SMILES string of the molecule is COCCN(Cc1cc(NC(=O)c2cccs2)ccc1N(C)C)C(=O)C1CC1. The van der Waals surface area contributed by atoms with Gasteiger partial charge in [0.25, 0.3) is 5.91 Å². The highest BCUT2D eigenvalue weighted by molar-refractivity contribution is 7.12. The van der Waals surface area contributed by atoms with Gasteiger partial charge in [-0.05, 0) is 48.1 Å². The van der Waals surface area contributed by atoms with Crippen LogP contribution < -0.4 is 10.2 Å². The first-order valence-electron chi connectivity index (χ1n) is 9.42. The van der Waals surface area contributed by atoms with Gasteiger partial charge >= 0.3 is 0 Å². The number of ether oxygens (including phenoxy) is 1. The van der Waals surface area contributed by atoms with E-state index < -0.39 is 0 Å². The van der Waals surface area contributed by atoms with Crippen molar-refractivity contribution in [1.29, 1.82) is 0 Å². The number of amides is 2. The molecule has 0 saturated heterocycles. The minimum absolute atomic E-state index is 0.121. The first kappa shape index (κ1) is 20.4. The third kappa shape index (κ3) is 5.11. The molecule has 1 saturated carbocycles. The molecular formula is C21H27N3O3S. The van der Waals surface area contributed by atoms with Crippen LogP contribution in [0.5, 0.6) is 0 Å². The van der Waals surface area contributed by atoms with E-state index in [1.807, 2.05) is 53.5 Å². The summed E-state index contributed by atoms with van der Waals surface area (Å²) < 4.78 is 5.20. The Morgan fingerprint density at radius 1 is 1.25 bits per heavy atom. The highest BCUT2D eigenvalue weighted by atomic mass is 32.1. The van der Waals surface area contributed by atoms with E-state index in [1.165, 1.54) is 11.3 Å². The summed E-state index contributed by atoms with van der Waals surface area (Å²) in [6.45, 7) is 1.56. The van der Waals surface area contributed by atoms with Crippen LogP contribution in [0.25, 0.3) is 0 Å². The van der Waals surface area contributed by atoms with Crippen LogP contribution in [0.1, 0.15) is 28.1 Å². The Labute approximate surface area is 170 Å². The van der Waals surface area contributed by atoms with E-state index in [0.717, 1.165) is 29.8 Å². The summed E-state index contributed by atoms with van der Waals surface area (Å²) in [5, 5.41) is 4.84. The van der Waals surface area contributed by atoms with Crippen molar-refractivity contribution in [3.05, 3.63) is 46.2 Å². The molecule has 3 rings (SSSR count). The Bertz CT molecular complexity index is 816. The van der Waals surface area contributed by atoms with Crippen molar-refractivity contribution in [3.63, 3.8) is 0 Å². The zero-order chi connectivity index (χ0) is 20.1. The van der Waals surface area contributed by atoms with Crippen LogP contribution in [0, 0.1) is 5.92 Å². The van der Waals surface area contributed by atoms with Crippen molar-refractivity contribution in [2.45, 2.75) is 19.4 Å². The number of thiophene rings is 1. The number of carbonyl (C=O) groups excluding carboxylic acids is 2. The van der Waals surface area contributed by atoms with E-state index >= 15 is 0 Å². The van der Waals surface area contributed by atoms with E-state index in [9.17, 15) is 9.59 Å². The molecule has 1 aromatic heterocycles. The number of anilines is 2. The Hall–Kier alpha value is -2.38. The van der Waals surface area contributed by atoms with Crippen molar-refractivity contribution in [2.24, 2.45) is 5.92 Å². The summed E-state index contributed by atoms with van der Waals surface area (Å²) in [6.07, 6.45) is 1.94. The minimum atomic E-state index is -0.121. The zero-order valence-electron chi connectivity index (χ0n) is 16.6. The summed E-state index contributed by atoms with van der Waals surface area (Å²) in [7, 11) is 5.60. The number of hydrogen-bond acceptors (Lipinski definition) is 5. The molecule has 1 N–H and O–H groups in total. The van der Waals surface area contributed by atoms with Gasteiger partial charge in [0.1, 0.15) is 0 Å². The van der Waals surface area contributed by atoms with Crippen LogP contribution in [-0.2, 0) is 16.1 Å². The van der Waals surface area contributed by atoms with Gasteiger partial charge in [-0.2, -0.15) is 0 Å². The number of nitrogens with one attached hydrogen (secondary N) is 1. The molecule has 0 aliphatic heterocycles. The van der Waals surface area contributed by atoms with E-state index in [1.54, 1.807) is 13.2 Å².